The van der Waals surface area contributed by atoms with Crippen molar-refractivity contribution in [3.63, 3.8) is 0 Å². The number of amides is 1. The normalized spacial score (nSPS) is 19.0. The predicted octanol–water partition coefficient (Wildman–Crippen LogP) is 2.26. The molecule has 5 heteroatoms. The van der Waals surface area contributed by atoms with Gasteiger partial charge in [0.15, 0.2) is 0 Å². The standard InChI is InChI=1S/C16H22ClN3O/c1-12(21)19-7-9-20(10-8-19)16-4-2-3-15(17)14(16)11-18-13-5-6-13/h2-4,13,18H,5-11H2,1H3. The van der Waals surface area contributed by atoms with Gasteiger partial charge >= 0.3 is 0 Å². The molecule has 1 aliphatic heterocycles. The first-order valence-corrected chi connectivity index (χ1v) is 8.04. The van der Waals surface area contributed by atoms with Crippen LogP contribution < -0.4 is 10.2 Å². The molecule has 0 atom stereocenters. The van der Waals surface area contributed by atoms with E-state index in [-0.39, 0.29) is 5.91 Å². The Hall–Kier alpha value is -1.26. The number of halogens is 1. The highest BCUT2D eigenvalue weighted by molar-refractivity contribution is 6.31. The molecule has 1 heterocycles. The van der Waals surface area contributed by atoms with Crippen LogP contribution in [0.4, 0.5) is 5.69 Å². The number of nitrogens with one attached hydrogen (secondary N) is 1. The van der Waals surface area contributed by atoms with Crippen LogP contribution in [0.1, 0.15) is 25.3 Å². The summed E-state index contributed by atoms with van der Waals surface area (Å²) >= 11 is 6.40. The Morgan fingerprint density at radius 2 is 2.00 bits per heavy atom. The molecule has 0 unspecified atom stereocenters. The molecule has 1 amide bonds. The van der Waals surface area contributed by atoms with Crippen LogP contribution >= 0.6 is 11.6 Å². The second-order valence-electron chi connectivity index (χ2n) is 5.89. The summed E-state index contributed by atoms with van der Waals surface area (Å²) in [6.45, 7) is 5.79. The van der Waals surface area contributed by atoms with Gasteiger partial charge in [-0.25, -0.2) is 0 Å². The van der Waals surface area contributed by atoms with Gasteiger partial charge in [-0.05, 0) is 25.0 Å². The molecular weight excluding hydrogens is 286 g/mol. The fourth-order valence-corrected chi connectivity index (χ4v) is 3.05. The van der Waals surface area contributed by atoms with Crippen molar-refractivity contribution in [2.24, 2.45) is 0 Å². The van der Waals surface area contributed by atoms with Gasteiger partial charge in [-0.2, -0.15) is 0 Å². The number of hydrogen-bond donors (Lipinski definition) is 1. The van der Waals surface area contributed by atoms with Gasteiger partial charge in [0.2, 0.25) is 5.91 Å². The van der Waals surface area contributed by atoms with Crippen LogP contribution in [0.3, 0.4) is 0 Å². The summed E-state index contributed by atoms with van der Waals surface area (Å²) in [6, 6.07) is 6.78. The van der Waals surface area contributed by atoms with Crippen molar-refractivity contribution in [1.82, 2.24) is 10.2 Å². The molecule has 2 fully saturated rings. The van der Waals surface area contributed by atoms with Crippen LogP contribution in [0.15, 0.2) is 18.2 Å². The maximum Gasteiger partial charge on any atom is 0.219 e. The van der Waals surface area contributed by atoms with Crippen molar-refractivity contribution in [3.8, 4) is 0 Å². The summed E-state index contributed by atoms with van der Waals surface area (Å²) in [5.74, 6) is 0.163. The quantitative estimate of drug-likeness (QED) is 0.927. The van der Waals surface area contributed by atoms with Gasteiger partial charge in [0.05, 0.1) is 0 Å². The third kappa shape index (κ3) is 3.50. The molecule has 4 nitrogen and oxygen atoms in total. The molecule has 3 rings (SSSR count). The molecule has 1 saturated heterocycles. The fraction of sp³-hybridized carbons (Fsp3) is 0.562. The fourth-order valence-electron chi connectivity index (χ4n) is 2.81. The highest BCUT2D eigenvalue weighted by atomic mass is 35.5. The van der Waals surface area contributed by atoms with Gasteiger partial charge in [-0.3, -0.25) is 4.79 Å². The lowest BCUT2D eigenvalue weighted by atomic mass is 10.1. The van der Waals surface area contributed by atoms with Gasteiger partial charge < -0.3 is 15.1 Å². The second-order valence-corrected chi connectivity index (χ2v) is 6.29. The van der Waals surface area contributed by atoms with E-state index >= 15 is 0 Å². The van der Waals surface area contributed by atoms with Crippen molar-refractivity contribution >= 4 is 23.2 Å². The first kappa shape index (κ1) is 14.7. The lowest BCUT2D eigenvalue weighted by Gasteiger charge is -2.36. The maximum absolute atomic E-state index is 11.4. The van der Waals surface area contributed by atoms with Gasteiger partial charge in [-0.1, -0.05) is 17.7 Å². The number of anilines is 1. The number of carbonyl (C=O) groups excluding carboxylic acids is 1. The lowest BCUT2D eigenvalue weighted by molar-refractivity contribution is -0.129. The minimum atomic E-state index is 0.163. The molecule has 21 heavy (non-hydrogen) atoms. The Labute approximate surface area is 131 Å². The van der Waals surface area contributed by atoms with Gasteiger partial charge in [0.1, 0.15) is 0 Å². The molecule has 1 N–H and O–H groups in total. The van der Waals surface area contributed by atoms with Crippen molar-refractivity contribution in [2.75, 3.05) is 31.1 Å². The molecule has 0 radical (unpaired) electrons. The van der Waals surface area contributed by atoms with Gasteiger partial charge in [0, 0.05) is 62.0 Å². The maximum atomic E-state index is 11.4. The molecule has 2 aliphatic rings. The summed E-state index contributed by atoms with van der Waals surface area (Å²) in [5.41, 5.74) is 2.39. The van der Waals surface area contributed by atoms with E-state index in [1.807, 2.05) is 17.0 Å². The molecule has 0 aromatic heterocycles. The third-order valence-electron chi connectivity index (χ3n) is 4.30. The highest BCUT2D eigenvalue weighted by Crippen LogP contribution is 2.29. The average molecular weight is 308 g/mol. The highest BCUT2D eigenvalue weighted by Gasteiger charge is 2.24. The smallest absolute Gasteiger partial charge is 0.219 e. The largest absolute Gasteiger partial charge is 0.368 e. The first-order chi connectivity index (χ1) is 10.1. The summed E-state index contributed by atoms with van der Waals surface area (Å²) < 4.78 is 0. The number of hydrogen-bond acceptors (Lipinski definition) is 3. The van der Waals surface area contributed by atoms with Crippen LogP contribution in [0.2, 0.25) is 5.02 Å². The Morgan fingerprint density at radius 1 is 1.29 bits per heavy atom. The van der Waals surface area contributed by atoms with Crippen LogP contribution in [0, 0.1) is 0 Å². The van der Waals surface area contributed by atoms with Gasteiger partial charge in [-0.15, -0.1) is 0 Å². The first-order valence-electron chi connectivity index (χ1n) is 7.66. The topological polar surface area (TPSA) is 35.6 Å². The minimum absolute atomic E-state index is 0.163. The molecule has 0 spiro atoms. The van der Waals surface area contributed by atoms with Crippen molar-refractivity contribution in [3.05, 3.63) is 28.8 Å². The van der Waals surface area contributed by atoms with Crippen LogP contribution in [-0.4, -0.2) is 43.0 Å². The van der Waals surface area contributed by atoms with E-state index < -0.39 is 0 Å². The second kappa shape index (κ2) is 6.24. The van der Waals surface area contributed by atoms with E-state index in [0.717, 1.165) is 37.7 Å². The van der Waals surface area contributed by atoms with E-state index in [2.05, 4.69) is 16.3 Å². The summed E-state index contributed by atoms with van der Waals surface area (Å²) in [7, 11) is 0. The number of piperazine rings is 1. The van der Waals surface area contributed by atoms with Crippen LogP contribution in [0.5, 0.6) is 0 Å². The molecule has 114 valence electrons. The monoisotopic (exact) mass is 307 g/mol. The molecule has 1 aromatic rings. The molecule has 1 aromatic carbocycles. The lowest BCUT2D eigenvalue weighted by Crippen LogP contribution is -2.48. The Bertz CT molecular complexity index is 522. The third-order valence-corrected chi connectivity index (χ3v) is 4.66. The SMILES string of the molecule is CC(=O)N1CCN(c2cccc(Cl)c2CNC2CC2)CC1. The Balaban J connectivity index is 1.72. The zero-order chi connectivity index (χ0) is 14.8. The van der Waals surface area contributed by atoms with Crippen molar-refractivity contribution in [1.29, 1.82) is 0 Å². The van der Waals surface area contributed by atoms with Crippen LogP contribution in [-0.2, 0) is 11.3 Å². The number of rotatable bonds is 4. The van der Waals surface area contributed by atoms with Crippen LogP contribution in [0.25, 0.3) is 0 Å². The number of carbonyl (C=O) groups is 1. The number of benzene rings is 1. The van der Waals surface area contributed by atoms with E-state index in [1.165, 1.54) is 24.1 Å². The summed E-state index contributed by atoms with van der Waals surface area (Å²) in [6.07, 6.45) is 2.55. The molecular formula is C16H22ClN3O. The Kier molecular flexibility index (Phi) is 4.36. The number of nitrogens with zero attached hydrogens (tertiary/aromatic N) is 2. The van der Waals surface area contributed by atoms with E-state index in [9.17, 15) is 4.79 Å². The average Bonchev–Trinajstić information content (AvgIpc) is 3.30. The van der Waals surface area contributed by atoms with E-state index in [0.29, 0.717) is 6.04 Å². The molecule has 1 aliphatic carbocycles. The summed E-state index contributed by atoms with van der Waals surface area (Å²) in [4.78, 5) is 15.7. The summed E-state index contributed by atoms with van der Waals surface area (Å²) in [5, 5.41) is 4.37. The minimum Gasteiger partial charge on any atom is -0.368 e. The van der Waals surface area contributed by atoms with Gasteiger partial charge in [0.25, 0.3) is 0 Å². The Morgan fingerprint density at radius 3 is 2.62 bits per heavy atom. The van der Waals surface area contributed by atoms with Crippen molar-refractivity contribution in [2.45, 2.75) is 32.4 Å². The zero-order valence-electron chi connectivity index (χ0n) is 12.4. The predicted molar refractivity (Wildman–Crippen MR) is 85.8 cm³/mol. The molecule has 1 saturated carbocycles. The molecule has 0 bridgehead atoms. The van der Waals surface area contributed by atoms with Crippen molar-refractivity contribution < 1.29 is 4.79 Å². The van der Waals surface area contributed by atoms with E-state index in [4.69, 9.17) is 11.6 Å². The zero-order valence-corrected chi connectivity index (χ0v) is 13.2. The van der Waals surface area contributed by atoms with E-state index in [1.54, 1.807) is 6.92 Å².